The van der Waals surface area contributed by atoms with Crippen molar-refractivity contribution in [3.05, 3.63) is 138 Å². The van der Waals surface area contributed by atoms with Crippen molar-refractivity contribution < 1.29 is 4.74 Å². The van der Waals surface area contributed by atoms with Crippen LogP contribution in [0.2, 0.25) is 0 Å². The highest BCUT2D eigenvalue weighted by atomic mass is 35.5. The Bertz CT molecular complexity index is 1300. The fourth-order valence-corrected chi connectivity index (χ4v) is 7.50. The molecule has 4 rings (SSSR count). The van der Waals surface area contributed by atoms with E-state index in [0.717, 1.165) is 11.1 Å². The molecule has 4 atom stereocenters. The van der Waals surface area contributed by atoms with Crippen LogP contribution >= 0.6 is 92.8 Å². The summed E-state index contributed by atoms with van der Waals surface area (Å²) in [6.07, 6.45) is 3.64. The molecule has 0 heterocycles. The highest BCUT2D eigenvalue weighted by Crippen LogP contribution is 2.55. The van der Waals surface area contributed by atoms with Gasteiger partial charge in [-0.1, -0.05) is 156 Å². The minimum Gasteiger partial charge on any atom is -0.345 e. The molecule has 39 heavy (non-hydrogen) atoms. The van der Waals surface area contributed by atoms with Crippen LogP contribution < -0.4 is 0 Å². The number of hydrogen-bond acceptors (Lipinski definition) is 1. The number of rotatable bonds is 8. The smallest absolute Gasteiger partial charge is 0.146 e. The maximum atomic E-state index is 6.98. The summed E-state index contributed by atoms with van der Waals surface area (Å²) in [6.45, 7) is 7.89. The molecule has 1 nitrogen and oxygen atoms in total. The Labute approximate surface area is 268 Å². The molecule has 204 valence electrons. The molecule has 4 unspecified atom stereocenters. The molecule has 2 aliphatic rings. The molecule has 0 aromatic heterocycles. The number of benzene rings is 2. The molecule has 0 bridgehead atoms. The van der Waals surface area contributed by atoms with Gasteiger partial charge >= 0.3 is 0 Å². The molecule has 0 aliphatic heterocycles. The van der Waals surface area contributed by atoms with E-state index < -0.39 is 22.0 Å². The highest BCUT2D eigenvalue weighted by molar-refractivity contribution is 6.48. The summed E-state index contributed by atoms with van der Waals surface area (Å²) in [5.74, 6) is 0. The first-order valence-corrected chi connectivity index (χ1v) is 14.9. The van der Waals surface area contributed by atoms with Gasteiger partial charge in [-0.2, -0.15) is 0 Å². The average molecular weight is 682 g/mol. The summed E-state index contributed by atoms with van der Waals surface area (Å²) in [4.78, 5) is 0. The van der Waals surface area contributed by atoms with E-state index in [0.29, 0.717) is 24.0 Å². The van der Waals surface area contributed by atoms with Crippen molar-refractivity contribution in [2.45, 2.75) is 34.8 Å². The van der Waals surface area contributed by atoms with Crippen molar-refractivity contribution in [3.63, 3.8) is 0 Å². The standard InChI is InChI=1S/C30H22Cl8O/c1-3-29(25(35)21(31)19(22(32)26(29)36)15-17-11-7-5-8-12-17)39-30(4-2)27(37)23(33)20(24(34)28(30)38)16-18-13-9-6-10-14-18/h3-14,25,27H,1-2,15-16H2. The van der Waals surface area contributed by atoms with E-state index in [2.05, 4.69) is 13.2 Å². The largest absolute Gasteiger partial charge is 0.345 e. The number of hydrogen-bond donors (Lipinski definition) is 0. The SMILES string of the molecule is C=CC1(OC2(C=C)C(Cl)=C(Cl)C(Cc3ccccc3)=C(Cl)C2Cl)C(Cl)=C(Cl)C(Cc2ccccc2)=C(Cl)C1Cl. The molecule has 0 radical (unpaired) electrons. The van der Waals surface area contributed by atoms with Gasteiger partial charge in [0.1, 0.15) is 22.0 Å². The van der Waals surface area contributed by atoms with Gasteiger partial charge in [0.25, 0.3) is 0 Å². The highest BCUT2D eigenvalue weighted by Gasteiger charge is 2.56. The Morgan fingerprint density at radius 2 is 0.949 bits per heavy atom. The summed E-state index contributed by atoms with van der Waals surface area (Å²) in [7, 11) is 0. The lowest BCUT2D eigenvalue weighted by Crippen LogP contribution is -2.55. The molecule has 9 heteroatoms. The van der Waals surface area contributed by atoms with Crippen molar-refractivity contribution in [1.82, 2.24) is 0 Å². The summed E-state index contributed by atoms with van der Waals surface area (Å²) in [5.41, 5.74) is -0.218. The van der Waals surface area contributed by atoms with Crippen molar-refractivity contribution in [2.75, 3.05) is 0 Å². The summed E-state index contributed by atoms with van der Waals surface area (Å²) >= 11 is 55.1. The Kier molecular flexibility index (Phi) is 10.0. The van der Waals surface area contributed by atoms with Crippen LogP contribution in [0, 0.1) is 0 Å². The van der Waals surface area contributed by atoms with E-state index in [1.165, 1.54) is 12.2 Å². The maximum absolute atomic E-state index is 6.98. The van der Waals surface area contributed by atoms with Gasteiger partial charge in [0.05, 0.1) is 20.1 Å². The van der Waals surface area contributed by atoms with Crippen LogP contribution in [0.5, 0.6) is 0 Å². The molecule has 2 aliphatic carbocycles. The van der Waals surface area contributed by atoms with Gasteiger partial charge in [0.2, 0.25) is 0 Å². The summed E-state index contributed by atoms with van der Waals surface area (Å²) < 4.78 is 6.65. The summed E-state index contributed by atoms with van der Waals surface area (Å²) in [6, 6.07) is 19.3. The quantitative estimate of drug-likeness (QED) is 0.199. The molecule has 2 aromatic carbocycles. The molecule has 0 N–H and O–H groups in total. The van der Waals surface area contributed by atoms with E-state index in [9.17, 15) is 0 Å². The van der Waals surface area contributed by atoms with E-state index in [1.54, 1.807) is 0 Å². The third-order valence-electron chi connectivity index (χ3n) is 6.77. The Morgan fingerprint density at radius 3 is 1.26 bits per heavy atom. The topological polar surface area (TPSA) is 9.23 Å². The van der Waals surface area contributed by atoms with E-state index in [1.807, 2.05) is 60.7 Å². The minimum absolute atomic E-state index is 0.0652. The first-order valence-electron chi connectivity index (χ1n) is 11.8. The number of ether oxygens (including phenoxy) is 1. The second kappa shape index (κ2) is 12.6. The van der Waals surface area contributed by atoms with E-state index in [4.69, 9.17) is 97.5 Å². The van der Waals surface area contributed by atoms with Crippen LogP contribution in [-0.2, 0) is 17.6 Å². The normalized spacial score (nSPS) is 27.8. The van der Waals surface area contributed by atoms with Crippen LogP contribution in [0.4, 0.5) is 0 Å². The monoisotopic (exact) mass is 678 g/mol. The van der Waals surface area contributed by atoms with Gasteiger partial charge in [0, 0.05) is 22.9 Å². The lowest BCUT2D eigenvalue weighted by Gasteiger charge is -2.48. The van der Waals surface area contributed by atoms with Gasteiger partial charge < -0.3 is 4.74 Å². The van der Waals surface area contributed by atoms with Gasteiger partial charge in [-0.25, -0.2) is 0 Å². The van der Waals surface area contributed by atoms with Crippen molar-refractivity contribution in [1.29, 1.82) is 0 Å². The lowest BCUT2D eigenvalue weighted by molar-refractivity contribution is -0.0562. The molecule has 0 fully saturated rings. The fraction of sp³-hybridized carbons (Fsp3) is 0.200. The number of alkyl halides is 2. The zero-order valence-corrected chi connectivity index (χ0v) is 26.4. The second-order valence-electron chi connectivity index (χ2n) is 9.06. The van der Waals surface area contributed by atoms with Crippen LogP contribution in [0.15, 0.2) is 127 Å². The van der Waals surface area contributed by atoms with Crippen molar-refractivity contribution >= 4 is 92.8 Å². The Balaban J connectivity index is 1.78. The zero-order chi connectivity index (χ0) is 28.5. The molecule has 2 aromatic rings. The van der Waals surface area contributed by atoms with Crippen LogP contribution in [-0.4, -0.2) is 22.0 Å². The maximum Gasteiger partial charge on any atom is 0.146 e. The predicted octanol–water partition coefficient (Wildman–Crippen LogP) is 10.9. The van der Waals surface area contributed by atoms with Gasteiger partial charge in [-0.05, 0) is 22.3 Å². The zero-order valence-electron chi connectivity index (χ0n) is 20.3. The predicted molar refractivity (Wildman–Crippen MR) is 170 cm³/mol. The fourth-order valence-electron chi connectivity index (χ4n) is 4.59. The van der Waals surface area contributed by atoms with E-state index in [-0.39, 0.29) is 30.2 Å². The van der Waals surface area contributed by atoms with Crippen LogP contribution in [0.25, 0.3) is 0 Å². The molecule has 0 spiro atoms. The van der Waals surface area contributed by atoms with Crippen LogP contribution in [0.3, 0.4) is 0 Å². The Hall–Kier alpha value is -0.840. The Morgan fingerprint density at radius 1 is 0.615 bits per heavy atom. The molecule has 0 amide bonds. The third kappa shape index (κ3) is 5.53. The first-order chi connectivity index (χ1) is 18.5. The molecular weight excluding hydrogens is 660 g/mol. The molecule has 0 saturated carbocycles. The first kappa shape index (κ1) is 31.1. The second-order valence-corrected chi connectivity index (χ2v) is 12.3. The van der Waals surface area contributed by atoms with E-state index >= 15 is 0 Å². The molecular formula is C30H22Cl8O. The lowest BCUT2D eigenvalue weighted by atomic mass is 9.84. The van der Waals surface area contributed by atoms with Gasteiger partial charge in [-0.15, -0.1) is 23.2 Å². The number of allylic oxidation sites excluding steroid dienone is 4. The van der Waals surface area contributed by atoms with Crippen molar-refractivity contribution in [2.24, 2.45) is 0 Å². The third-order valence-corrected chi connectivity index (χ3v) is 11.0. The van der Waals surface area contributed by atoms with Crippen LogP contribution in [0.1, 0.15) is 11.1 Å². The number of halogens is 8. The van der Waals surface area contributed by atoms with Crippen molar-refractivity contribution in [3.8, 4) is 0 Å². The minimum atomic E-state index is -1.65. The average Bonchev–Trinajstić information content (AvgIpc) is 2.97. The summed E-state index contributed by atoms with van der Waals surface area (Å²) in [5, 5.41) is -1.10. The van der Waals surface area contributed by atoms with Gasteiger partial charge in [0.15, 0.2) is 0 Å². The van der Waals surface area contributed by atoms with Gasteiger partial charge in [-0.3, -0.25) is 0 Å². The molecule has 0 saturated heterocycles.